The van der Waals surface area contributed by atoms with Crippen molar-refractivity contribution >= 4 is 0 Å². The average Bonchev–Trinajstić information content (AvgIpc) is 1.86. The summed E-state index contributed by atoms with van der Waals surface area (Å²) in [6, 6.07) is 0. The molecule has 3 nitrogen and oxygen atoms in total. The molecule has 0 saturated carbocycles. The molecule has 2 N–H and O–H groups in total. The van der Waals surface area contributed by atoms with E-state index in [1.165, 1.54) is 0 Å². The smallest absolute Gasteiger partial charge is 0.0411 e. The molecule has 0 radical (unpaired) electrons. The number of hydrazine groups is 1. The van der Waals surface area contributed by atoms with E-state index in [0.29, 0.717) is 0 Å². The van der Waals surface area contributed by atoms with Crippen LogP contribution in [-0.2, 0) is 0 Å². The number of nitrogens with zero attached hydrogens (tertiary/aromatic N) is 1. The molecule has 1 saturated heterocycles. The zero-order valence-electron chi connectivity index (χ0n) is 3.52. The van der Waals surface area contributed by atoms with Crippen molar-refractivity contribution in [3.63, 3.8) is 0 Å². The molecule has 0 aromatic carbocycles. The second kappa shape index (κ2) is 1.55. The Morgan fingerprint density at radius 1 is 1.67 bits per heavy atom. The SMILES string of the molecule is ON1CCCN1. The topological polar surface area (TPSA) is 35.5 Å². The molecule has 0 aromatic rings. The lowest BCUT2D eigenvalue weighted by Gasteiger charge is -2.00. The van der Waals surface area contributed by atoms with Crippen LogP contribution in [0.2, 0.25) is 0 Å². The zero-order chi connectivity index (χ0) is 4.41. The van der Waals surface area contributed by atoms with Crippen LogP contribution in [0.4, 0.5) is 0 Å². The van der Waals surface area contributed by atoms with Gasteiger partial charge in [-0.15, -0.1) is 5.17 Å². The lowest BCUT2D eigenvalue weighted by atomic mass is 10.5. The van der Waals surface area contributed by atoms with Gasteiger partial charge in [0.15, 0.2) is 0 Å². The minimum absolute atomic E-state index is 0.764. The first-order chi connectivity index (χ1) is 2.89. The van der Waals surface area contributed by atoms with Crippen LogP contribution in [0.3, 0.4) is 0 Å². The Bertz CT molecular complexity index is 42.1. The Morgan fingerprint density at radius 3 is 2.67 bits per heavy atom. The molecule has 1 heterocycles. The maximum absolute atomic E-state index is 8.45. The summed E-state index contributed by atoms with van der Waals surface area (Å²) in [5.41, 5.74) is 2.71. The van der Waals surface area contributed by atoms with Crippen molar-refractivity contribution in [1.29, 1.82) is 0 Å². The van der Waals surface area contributed by atoms with Gasteiger partial charge in [-0.2, -0.15) is 0 Å². The molecule has 0 aliphatic carbocycles. The van der Waals surface area contributed by atoms with Gasteiger partial charge in [0, 0.05) is 13.1 Å². The van der Waals surface area contributed by atoms with Crippen molar-refractivity contribution in [3.05, 3.63) is 0 Å². The quantitative estimate of drug-likeness (QED) is 0.422. The van der Waals surface area contributed by atoms with Gasteiger partial charge in [-0.25, -0.2) is 5.43 Å². The molecule has 1 aliphatic heterocycles. The third-order valence-electron chi connectivity index (χ3n) is 0.841. The minimum atomic E-state index is 0.764. The van der Waals surface area contributed by atoms with Gasteiger partial charge in [0.25, 0.3) is 0 Å². The van der Waals surface area contributed by atoms with Crippen molar-refractivity contribution in [3.8, 4) is 0 Å². The van der Waals surface area contributed by atoms with Gasteiger partial charge in [-0.05, 0) is 6.42 Å². The van der Waals surface area contributed by atoms with E-state index in [9.17, 15) is 0 Å². The molecule has 0 spiro atoms. The molecule has 0 atom stereocenters. The van der Waals surface area contributed by atoms with E-state index >= 15 is 0 Å². The summed E-state index contributed by atoms with van der Waals surface area (Å²) in [6.07, 6.45) is 1.05. The Hall–Kier alpha value is -0.120. The maximum atomic E-state index is 8.45. The zero-order valence-corrected chi connectivity index (χ0v) is 3.52. The molecule has 1 rings (SSSR count). The van der Waals surface area contributed by atoms with E-state index in [0.717, 1.165) is 24.7 Å². The van der Waals surface area contributed by atoms with Crippen LogP contribution in [0, 0.1) is 0 Å². The summed E-state index contributed by atoms with van der Waals surface area (Å²) in [4.78, 5) is 0. The van der Waals surface area contributed by atoms with E-state index in [2.05, 4.69) is 5.43 Å². The Morgan fingerprint density at radius 2 is 2.50 bits per heavy atom. The average molecular weight is 88.1 g/mol. The molecule has 3 heteroatoms. The Labute approximate surface area is 36.5 Å². The molecule has 1 fully saturated rings. The summed E-state index contributed by atoms with van der Waals surface area (Å²) in [7, 11) is 0. The van der Waals surface area contributed by atoms with E-state index in [4.69, 9.17) is 5.21 Å². The number of hydrogen-bond donors (Lipinski definition) is 2. The summed E-state index contributed by atoms with van der Waals surface area (Å²) in [5.74, 6) is 0. The van der Waals surface area contributed by atoms with Crippen molar-refractivity contribution in [1.82, 2.24) is 10.6 Å². The molecule has 0 amide bonds. The molecule has 1 aliphatic rings. The third kappa shape index (κ3) is 0.680. The summed E-state index contributed by atoms with van der Waals surface area (Å²) in [6.45, 7) is 1.68. The van der Waals surface area contributed by atoms with Gasteiger partial charge in [0.05, 0.1) is 0 Å². The highest BCUT2D eigenvalue weighted by molar-refractivity contribution is 4.50. The van der Waals surface area contributed by atoms with E-state index < -0.39 is 0 Å². The lowest BCUT2D eigenvalue weighted by Crippen LogP contribution is -2.26. The second-order valence-electron chi connectivity index (χ2n) is 1.38. The van der Waals surface area contributed by atoms with Gasteiger partial charge < -0.3 is 0 Å². The molecule has 6 heavy (non-hydrogen) atoms. The number of rotatable bonds is 0. The molecule has 0 aromatic heterocycles. The molecule has 36 valence electrons. The summed E-state index contributed by atoms with van der Waals surface area (Å²) in [5, 5.41) is 9.56. The first-order valence-electron chi connectivity index (χ1n) is 2.09. The summed E-state index contributed by atoms with van der Waals surface area (Å²) >= 11 is 0. The fourth-order valence-corrected chi connectivity index (χ4v) is 0.516. The van der Waals surface area contributed by atoms with Crippen LogP contribution >= 0.6 is 0 Å². The predicted octanol–water partition coefficient (Wildman–Crippen LogP) is -0.414. The Balaban J connectivity index is 2.18. The first kappa shape index (κ1) is 4.05. The third-order valence-corrected chi connectivity index (χ3v) is 0.841. The van der Waals surface area contributed by atoms with E-state index in [1.54, 1.807) is 0 Å². The highest BCUT2D eigenvalue weighted by Crippen LogP contribution is 1.88. The highest BCUT2D eigenvalue weighted by atomic mass is 16.5. The molecule has 0 unspecified atom stereocenters. The fraction of sp³-hybridized carbons (Fsp3) is 1.00. The van der Waals surface area contributed by atoms with Crippen LogP contribution in [0.15, 0.2) is 0 Å². The largest absolute Gasteiger partial charge is 0.299 e. The van der Waals surface area contributed by atoms with E-state index in [1.807, 2.05) is 0 Å². The normalized spacial score (nSPS) is 25.5. The Kier molecular flexibility index (Phi) is 1.05. The maximum Gasteiger partial charge on any atom is 0.0411 e. The lowest BCUT2D eigenvalue weighted by molar-refractivity contribution is -0.111. The van der Waals surface area contributed by atoms with Crippen LogP contribution < -0.4 is 5.43 Å². The van der Waals surface area contributed by atoms with Crippen molar-refractivity contribution in [2.75, 3.05) is 13.1 Å². The minimum Gasteiger partial charge on any atom is -0.299 e. The first-order valence-corrected chi connectivity index (χ1v) is 2.09. The van der Waals surface area contributed by atoms with Gasteiger partial charge in [-0.3, -0.25) is 5.21 Å². The highest BCUT2D eigenvalue weighted by Gasteiger charge is 2.04. The van der Waals surface area contributed by atoms with Gasteiger partial charge in [-0.1, -0.05) is 0 Å². The van der Waals surface area contributed by atoms with Crippen LogP contribution in [0.25, 0.3) is 0 Å². The standard InChI is InChI=1S/C3H8N2O/c6-5-3-1-2-4-5/h4,6H,1-3H2. The van der Waals surface area contributed by atoms with Gasteiger partial charge >= 0.3 is 0 Å². The van der Waals surface area contributed by atoms with Gasteiger partial charge in [0.1, 0.15) is 0 Å². The van der Waals surface area contributed by atoms with Crippen molar-refractivity contribution < 1.29 is 5.21 Å². The number of hydroxylamine groups is 1. The van der Waals surface area contributed by atoms with Crippen LogP contribution in [0.5, 0.6) is 0 Å². The number of hydrogen-bond acceptors (Lipinski definition) is 3. The molecular formula is C3H8N2O. The molecular weight excluding hydrogens is 80.0 g/mol. The van der Waals surface area contributed by atoms with Crippen LogP contribution in [0.1, 0.15) is 6.42 Å². The number of nitrogens with one attached hydrogen (secondary N) is 1. The van der Waals surface area contributed by atoms with Crippen LogP contribution in [-0.4, -0.2) is 23.5 Å². The second-order valence-corrected chi connectivity index (χ2v) is 1.38. The van der Waals surface area contributed by atoms with E-state index in [-0.39, 0.29) is 0 Å². The monoisotopic (exact) mass is 88.1 g/mol. The van der Waals surface area contributed by atoms with Crippen molar-refractivity contribution in [2.45, 2.75) is 6.42 Å². The molecule has 0 bridgehead atoms. The van der Waals surface area contributed by atoms with Gasteiger partial charge in [0.2, 0.25) is 0 Å². The predicted molar refractivity (Wildman–Crippen MR) is 21.1 cm³/mol. The van der Waals surface area contributed by atoms with Crippen molar-refractivity contribution in [2.24, 2.45) is 0 Å². The summed E-state index contributed by atoms with van der Waals surface area (Å²) < 4.78 is 0. The fourth-order valence-electron chi connectivity index (χ4n) is 0.516.